The summed E-state index contributed by atoms with van der Waals surface area (Å²) in [7, 11) is 1.36. The fourth-order valence-corrected chi connectivity index (χ4v) is 2.75. The number of anilines is 1. The number of esters is 1. The lowest BCUT2D eigenvalue weighted by atomic mass is 10.3. The van der Waals surface area contributed by atoms with E-state index in [1.807, 2.05) is 6.07 Å². The molecular weight excluding hydrogens is 314 g/mol. The summed E-state index contributed by atoms with van der Waals surface area (Å²) in [4.78, 5) is 11.7. The Hall–Kier alpha value is -0.390. The van der Waals surface area contributed by atoms with Crippen molar-refractivity contribution in [3.8, 4) is 0 Å². The maximum Gasteiger partial charge on any atom is 0.320 e. The van der Waals surface area contributed by atoms with E-state index in [9.17, 15) is 4.79 Å². The average Bonchev–Trinajstić information content (AvgIpc) is 2.26. The van der Waals surface area contributed by atoms with Crippen LogP contribution in [0.5, 0.6) is 0 Å². The zero-order valence-electron chi connectivity index (χ0n) is 8.57. The summed E-state index contributed by atoms with van der Waals surface area (Å²) in [6, 6.07) is 5.29. The Kier molecular flexibility index (Phi) is 5.44. The molecule has 0 fully saturated rings. The number of hydrogen-bond acceptors (Lipinski definition) is 4. The third-order valence-electron chi connectivity index (χ3n) is 1.80. The minimum Gasteiger partial charge on any atom is -0.468 e. The molecule has 1 rings (SSSR count). The molecule has 1 aromatic carbocycles. The molecule has 0 bridgehead atoms. The van der Waals surface area contributed by atoms with E-state index in [-0.39, 0.29) is 10.8 Å². The highest BCUT2D eigenvalue weighted by molar-refractivity contribution is 9.10. The average molecular weight is 325 g/mol. The lowest BCUT2D eigenvalue weighted by Crippen LogP contribution is -2.17. The largest absolute Gasteiger partial charge is 0.468 e. The molecule has 0 saturated carbocycles. The maximum absolute atomic E-state index is 11.1. The Labute approximate surface area is 112 Å². The second-order valence-electron chi connectivity index (χ2n) is 2.99. The topological polar surface area (TPSA) is 52.3 Å². The van der Waals surface area contributed by atoms with Crippen LogP contribution < -0.4 is 5.73 Å². The summed E-state index contributed by atoms with van der Waals surface area (Å²) in [6.07, 6.45) is 0. The number of alkyl halides is 1. The van der Waals surface area contributed by atoms with Gasteiger partial charge in [0.05, 0.1) is 12.1 Å². The summed E-state index contributed by atoms with van der Waals surface area (Å²) in [5.41, 5.74) is 6.20. The van der Waals surface area contributed by atoms with Crippen LogP contribution in [-0.2, 0) is 9.53 Å². The number of nitrogens with two attached hydrogens (primary N) is 1. The molecule has 2 N–H and O–H groups in total. The maximum atomic E-state index is 11.1. The summed E-state index contributed by atoms with van der Waals surface area (Å²) in [5.74, 6) is 0.259. The molecule has 0 heterocycles. The molecule has 1 atom stereocenters. The summed E-state index contributed by atoms with van der Waals surface area (Å²) >= 11 is 10.7. The number of halogens is 2. The van der Waals surface area contributed by atoms with Crippen LogP contribution >= 0.6 is 39.3 Å². The van der Waals surface area contributed by atoms with Gasteiger partial charge in [0.25, 0.3) is 0 Å². The predicted molar refractivity (Wildman–Crippen MR) is 71.3 cm³/mol. The first-order valence-corrected chi connectivity index (χ1v) is 6.72. The number of thioether (sulfide) groups is 1. The minimum atomic E-state index is -0.337. The molecule has 0 aliphatic carbocycles. The smallest absolute Gasteiger partial charge is 0.320 e. The first kappa shape index (κ1) is 13.7. The molecule has 0 amide bonds. The zero-order valence-corrected chi connectivity index (χ0v) is 11.7. The van der Waals surface area contributed by atoms with Crippen LogP contribution in [0.2, 0.25) is 5.02 Å². The molecule has 1 aromatic rings. The Morgan fingerprint density at radius 2 is 2.38 bits per heavy atom. The van der Waals surface area contributed by atoms with Gasteiger partial charge in [-0.25, -0.2) is 0 Å². The molecule has 88 valence electrons. The number of carbonyl (C=O) groups is 1. The Morgan fingerprint density at radius 3 is 2.94 bits per heavy atom. The van der Waals surface area contributed by atoms with Crippen LogP contribution in [0.3, 0.4) is 0 Å². The van der Waals surface area contributed by atoms with E-state index in [1.165, 1.54) is 18.9 Å². The molecule has 1 unspecified atom stereocenters. The lowest BCUT2D eigenvalue weighted by molar-refractivity contribution is -0.139. The summed E-state index contributed by atoms with van der Waals surface area (Å²) in [6.45, 7) is 0. The van der Waals surface area contributed by atoms with Crippen LogP contribution in [0.4, 0.5) is 5.69 Å². The van der Waals surface area contributed by atoms with E-state index < -0.39 is 0 Å². The second-order valence-corrected chi connectivity index (χ2v) is 5.57. The van der Waals surface area contributed by atoms with Crippen molar-refractivity contribution in [3.05, 3.63) is 23.2 Å². The number of nitrogen functional groups attached to an aromatic ring is 1. The van der Waals surface area contributed by atoms with E-state index in [2.05, 4.69) is 20.7 Å². The van der Waals surface area contributed by atoms with Gasteiger partial charge < -0.3 is 10.5 Å². The van der Waals surface area contributed by atoms with Gasteiger partial charge in [0.2, 0.25) is 0 Å². The standard InChI is InChI=1S/C10H11BrClNO2S/c1-15-10(14)7(11)5-16-9-3-2-6(13)4-8(9)12/h2-4,7H,5,13H2,1H3. The highest BCUT2D eigenvalue weighted by Crippen LogP contribution is 2.30. The highest BCUT2D eigenvalue weighted by Gasteiger charge is 2.15. The molecule has 3 nitrogen and oxygen atoms in total. The van der Waals surface area contributed by atoms with Crippen molar-refractivity contribution in [1.29, 1.82) is 0 Å². The quantitative estimate of drug-likeness (QED) is 0.400. The van der Waals surface area contributed by atoms with Gasteiger partial charge in [-0.3, -0.25) is 4.79 Å². The molecule has 6 heteroatoms. The van der Waals surface area contributed by atoms with Gasteiger partial charge in [-0.1, -0.05) is 27.5 Å². The highest BCUT2D eigenvalue weighted by atomic mass is 79.9. The van der Waals surface area contributed by atoms with Crippen LogP contribution in [0.1, 0.15) is 0 Å². The van der Waals surface area contributed by atoms with Crippen molar-refractivity contribution in [1.82, 2.24) is 0 Å². The predicted octanol–water partition coefficient (Wildman–Crippen LogP) is 2.95. The molecular formula is C10H11BrClNO2S. The first-order valence-electron chi connectivity index (χ1n) is 4.44. The fraction of sp³-hybridized carbons (Fsp3) is 0.300. The summed E-state index contributed by atoms with van der Waals surface area (Å²) < 4.78 is 4.60. The number of methoxy groups -OCH3 is 1. The number of hydrogen-bond donors (Lipinski definition) is 1. The van der Waals surface area contributed by atoms with Crippen molar-refractivity contribution in [3.63, 3.8) is 0 Å². The van der Waals surface area contributed by atoms with Crippen LogP contribution in [-0.4, -0.2) is 23.7 Å². The molecule has 0 aromatic heterocycles. The van der Waals surface area contributed by atoms with Gasteiger partial charge in [0, 0.05) is 16.3 Å². The van der Waals surface area contributed by atoms with E-state index in [0.29, 0.717) is 16.5 Å². The SMILES string of the molecule is COC(=O)C(Br)CSc1ccc(N)cc1Cl. The Morgan fingerprint density at radius 1 is 1.69 bits per heavy atom. The van der Waals surface area contributed by atoms with Gasteiger partial charge in [-0.2, -0.15) is 0 Å². The Bertz CT molecular complexity index is 389. The van der Waals surface area contributed by atoms with Crippen molar-refractivity contribution < 1.29 is 9.53 Å². The van der Waals surface area contributed by atoms with Crippen molar-refractivity contribution >= 4 is 50.9 Å². The normalized spacial score (nSPS) is 12.2. The van der Waals surface area contributed by atoms with E-state index in [4.69, 9.17) is 17.3 Å². The molecule has 0 aliphatic heterocycles. The first-order chi connectivity index (χ1) is 7.54. The summed E-state index contributed by atoms with van der Waals surface area (Å²) in [5, 5.41) is 0.592. The van der Waals surface area contributed by atoms with E-state index in [0.717, 1.165) is 4.90 Å². The van der Waals surface area contributed by atoms with Gasteiger partial charge in [-0.05, 0) is 18.2 Å². The van der Waals surface area contributed by atoms with Crippen LogP contribution in [0, 0.1) is 0 Å². The number of ether oxygens (including phenoxy) is 1. The molecule has 0 radical (unpaired) electrons. The van der Waals surface area contributed by atoms with E-state index >= 15 is 0 Å². The third-order valence-corrected chi connectivity index (χ3v) is 4.52. The fourth-order valence-electron chi connectivity index (χ4n) is 0.993. The van der Waals surface area contributed by atoms with Crippen molar-refractivity contribution in [2.45, 2.75) is 9.72 Å². The zero-order chi connectivity index (χ0) is 12.1. The minimum absolute atomic E-state index is 0.293. The molecule has 16 heavy (non-hydrogen) atoms. The molecule has 0 aliphatic rings. The molecule has 0 spiro atoms. The van der Waals surface area contributed by atoms with Crippen molar-refractivity contribution in [2.24, 2.45) is 0 Å². The van der Waals surface area contributed by atoms with Crippen molar-refractivity contribution in [2.75, 3.05) is 18.6 Å². The van der Waals surface area contributed by atoms with Gasteiger partial charge in [-0.15, -0.1) is 11.8 Å². The monoisotopic (exact) mass is 323 g/mol. The second kappa shape index (κ2) is 6.37. The number of carbonyl (C=O) groups excluding carboxylic acids is 1. The van der Waals surface area contributed by atoms with Crippen LogP contribution in [0.15, 0.2) is 23.1 Å². The number of rotatable bonds is 4. The number of benzene rings is 1. The van der Waals surface area contributed by atoms with Gasteiger partial charge in [0.1, 0.15) is 4.83 Å². The van der Waals surface area contributed by atoms with Gasteiger partial charge in [0.15, 0.2) is 0 Å². The lowest BCUT2D eigenvalue weighted by Gasteiger charge is -2.08. The Balaban J connectivity index is 2.58. The third kappa shape index (κ3) is 3.88. The van der Waals surface area contributed by atoms with E-state index in [1.54, 1.807) is 12.1 Å². The van der Waals surface area contributed by atoms with Crippen LogP contribution in [0.25, 0.3) is 0 Å². The van der Waals surface area contributed by atoms with Gasteiger partial charge >= 0.3 is 5.97 Å². The molecule has 0 saturated heterocycles.